The highest BCUT2D eigenvalue weighted by atomic mass is 16.4. The Morgan fingerprint density at radius 2 is 2.19 bits per heavy atom. The van der Waals surface area contributed by atoms with Gasteiger partial charge in [-0.05, 0) is 32.1 Å². The van der Waals surface area contributed by atoms with Crippen LogP contribution in [0.1, 0.15) is 46.5 Å². The molecule has 0 aliphatic carbocycles. The van der Waals surface area contributed by atoms with Crippen LogP contribution in [-0.4, -0.2) is 34.6 Å². The SMILES string of the molecule is CCC(CC(N)=NO)N1CC(C)CCC1C. The van der Waals surface area contributed by atoms with Gasteiger partial charge in [0.15, 0.2) is 0 Å². The van der Waals surface area contributed by atoms with Crippen molar-refractivity contribution >= 4 is 5.84 Å². The zero-order valence-corrected chi connectivity index (χ0v) is 10.7. The number of amidine groups is 1. The fourth-order valence-electron chi connectivity index (χ4n) is 2.61. The van der Waals surface area contributed by atoms with Crippen molar-refractivity contribution in [2.45, 2.75) is 58.5 Å². The predicted molar refractivity (Wildman–Crippen MR) is 66.7 cm³/mol. The minimum Gasteiger partial charge on any atom is -0.409 e. The Labute approximate surface area is 98.5 Å². The summed E-state index contributed by atoms with van der Waals surface area (Å²) in [5.41, 5.74) is 5.61. The van der Waals surface area contributed by atoms with Crippen LogP contribution >= 0.6 is 0 Å². The number of hydrogen-bond donors (Lipinski definition) is 2. The molecule has 4 nitrogen and oxygen atoms in total. The second kappa shape index (κ2) is 6.09. The molecular formula is C12H25N3O. The summed E-state index contributed by atoms with van der Waals surface area (Å²) in [6.45, 7) is 7.88. The van der Waals surface area contributed by atoms with E-state index in [1.165, 1.54) is 12.8 Å². The van der Waals surface area contributed by atoms with E-state index in [-0.39, 0.29) is 0 Å². The van der Waals surface area contributed by atoms with E-state index in [2.05, 4.69) is 30.8 Å². The number of nitrogens with zero attached hydrogens (tertiary/aromatic N) is 2. The molecule has 0 saturated carbocycles. The molecule has 3 unspecified atom stereocenters. The molecule has 0 aromatic heterocycles. The van der Waals surface area contributed by atoms with E-state index in [9.17, 15) is 0 Å². The van der Waals surface area contributed by atoms with Gasteiger partial charge in [0.1, 0.15) is 5.84 Å². The molecule has 1 fully saturated rings. The lowest BCUT2D eigenvalue weighted by Crippen LogP contribution is -2.48. The average Bonchev–Trinajstić information content (AvgIpc) is 2.29. The molecule has 0 aromatic rings. The standard InChI is InChI=1S/C12H25N3O/c1-4-11(7-12(13)14-16)15-8-9(2)5-6-10(15)3/h9-11,16H,4-8H2,1-3H3,(H2,13,14). The lowest BCUT2D eigenvalue weighted by molar-refractivity contribution is 0.0771. The third-order valence-electron chi connectivity index (χ3n) is 3.68. The monoisotopic (exact) mass is 227 g/mol. The highest BCUT2D eigenvalue weighted by Crippen LogP contribution is 2.25. The van der Waals surface area contributed by atoms with Crippen LogP contribution in [0.5, 0.6) is 0 Å². The molecule has 0 bridgehead atoms. The molecule has 3 atom stereocenters. The van der Waals surface area contributed by atoms with Gasteiger partial charge in [0, 0.05) is 25.0 Å². The first-order valence-corrected chi connectivity index (χ1v) is 6.30. The van der Waals surface area contributed by atoms with E-state index in [4.69, 9.17) is 10.9 Å². The fraction of sp³-hybridized carbons (Fsp3) is 0.917. The minimum atomic E-state index is 0.345. The van der Waals surface area contributed by atoms with E-state index in [0.717, 1.165) is 18.9 Å². The van der Waals surface area contributed by atoms with Crippen LogP contribution < -0.4 is 5.73 Å². The maximum Gasteiger partial charge on any atom is 0.140 e. The number of rotatable bonds is 4. The Bertz CT molecular complexity index is 242. The quantitative estimate of drug-likeness (QED) is 0.334. The van der Waals surface area contributed by atoms with Crippen LogP contribution in [0.3, 0.4) is 0 Å². The number of likely N-dealkylation sites (tertiary alicyclic amines) is 1. The van der Waals surface area contributed by atoms with E-state index in [0.29, 0.717) is 24.3 Å². The Balaban J connectivity index is 2.62. The van der Waals surface area contributed by atoms with Gasteiger partial charge < -0.3 is 10.9 Å². The second-order valence-electron chi connectivity index (χ2n) is 5.09. The van der Waals surface area contributed by atoms with Crippen molar-refractivity contribution in [1.82, 2.24) is 4.90 Å². The highest BCUT2D eigenvalue weighted by Gasteiger charge is 2.28. The lowest BCUT2D eigenvalue weighted by Gasteiger charge is -2.41. The Morgan fingerprint density at radius 3 is 2.75 bits per heavy atom. The molecule has 0 spiro atoms. The van der Waals surface area contributed by atoms with Crippen molar-refractivity contribution in [1.29, 1.82) is 0 Å². The Kier molecular flexibility index (Phi) is 5.06. The normalized spacial score (nSPS) is 30.3. The molecule has 3 N–H and O–H groups in total. The Morgan fingerprint density at radius 1 is 1.50 bits per heavy atom. The van der Waals surface area contributed by atoms with Crippen molar-refractivity contribution in [3.05, 3.63) is 0 Å². The molecule has 1 heterocycles. The average molecular weight is 227 g/mol. The summed E-state index contributed by atoms with van der Waals surface area (Å²) < 4.78 is 0. The molecule has 1 saturated heterocycles. The lowest BCUT2D eigenvalue weighted by atomic mass is 9.92. The third-order valence-corrected chi connectivity index (χ3v) is 3.68. The summed E-state index contributed by atoms with van der Waals surface area (Å²) in [6.07, 6.45) is 4.29. The summed E-state index contributed by atoms with van der Waals surface area (Å²) in [5, 5.41) is 11.7. The molecule has 1 aliphatic heterocycles. The first-order valence-electron chi connectivity index (χ1n) is 6.30. The molecule has 94 valence electrons. The molecule has 1 aliphatic rings. The fourth-order valence-corrected chi connectivity index (χ4v) is 2.61. The van der Waals surface area contributed by atoms with E-state index in [1.807, 2.05) is 0 Å². The van der Waals surface area contributed by atoms with Gasteiger partial charge in [-0.2, -0.15) is 0 Å². The van der Waals surface area contributed by atoms with E-state index >= 15 is 0 Å². The Hall–Kier alpha value is -0.770. The first-order chi connectivity index (χ1) is 7.58. The van der Waals surface area contributed by atoms with Crippen molar-refractivity contribution in [2.24, 2.45) is 16.8 Å². The van der Waals surface area contributed by atoms with Crippen LogP contribution in [0.15, 0.2) is 5.16 Å². The van der Waals surface area contributed by atoms with E-state index < -0.39 is 0 Å². The zero-order valence-electron chi connectivity index (χ0n) is 10.7. The zero-order chi connectivity index (χ0) is 12.1. The number of hydrogen-bond acceptors (Lipinski definition) is 3. The summed E-state index contributed by atoms with van der Waals surface area (Å²) in [7, 11) is 0. The summed E-state index contributed by atoms with van der Waals surface area (Å²) >= 11 is 0. The summed E-state index contributed by atoms with van der Waals surface area (Å²) in [5.74, 6) is 1.11. The van der Waals surface area contributed by atoms with Gasteiger partial charge in [-0.1, -0.05) is 19.0 Å². The maximum atomic E-state index is 8.64. The van der Waals surface area contributed by atoms with Crippen molar-refractivity contribution in [2.75, 3.05) is 6.54 Å². The maximum absolute atomic E-state index is 8.64. The number of nitrogens with two attached hydrogens (primary N) is 1. The second-order valence-corrected chi connectivity index (χ2v) is 5.09. The molecule has 1 rings (SSSR count). The van der Waals surface area contributed by atoms with Crippen molar-refractivity contribution in [3.63, 3.8) is 0 Å². The van der Waals surface area contributed by atoms with Crippen molar-refractivity contribution < 1.29 is 5.21 Å². The van der Waals surface area contributed by atoms with Crippen LogP contribution in [0.25, 0.3) is 0 Å². The van der Waals surface area contributed by atoms with Gasteiger partial charge in [-0.15, -0.1) is 0 Å². The van der Waals surface area contributed by atoms with Gasteiger partial charge in [0.2, 0.25) is 0 Å². The molecule has 0 aromatic carbocycles. The van der Waals surface area contributed by atoms with Gasteiger partial charge in [-0.25, -0.2) is 0 Å². The third kappa shape index (κ3) is 3.37. The number of oxime groups is 1. The van der Waals surface area contributed by atoms with Gasteiger partial charge >= 0.3 is 0 Å². The highest BCUT2D eigenvalue weighted by molar-refractivity contribution is 5.80. The van der Waals surface area contributed by atoms with Gasteiger partial charge in [0.05, 0.1) is 0 Å². The van der Waals surface area contributed by atoms with Crippen LogP contribution in [0.2, 0.25) is 0 Å². The van der Waals surface area contributed by atoms with Gasteiger partial charge in [-0.3, -0.25) is 4.90 Å². The smallest absolute Gasteiger partial charge is 0.140 e. The minimum absolute atomic E-state index is 0.345. The first kappa shape index (κ1) is 13.3. The molecular weight excluding hydrogens is 202 g/mol. The molecule has 0 radical (unpaired) electrons. The molecule has 4 heteroatoms. The summed E-state index contributed by atoms with van der Waals surface area (Å²) in [4.78, 5) is 2.52. The van der Waals surface area contributed by atoms with Gasteiger partial charge in [0.25, 0.3) is 0 Å². The van der Waals surface area contributed by atoms with E-state index in [1.54, 1.807) is 0 Å². The molecule has 16 heavy (non-hydrogen) atoms. The topological polar surface area (TPSA) is 61.9 Å². The van der Waals surface area contributed by atoms with Crippen LogP contribution in [-0.2, 0) is 0 Å². The summed E-state index contributed by atoms with van der Waals surface area (Å²) in [6, 6.07) is 1.03. The predicted octanol–water partition coefficient (Wildman–Crippen LogP) is 2.02. The van der Waals surface area contributed by atoms with Crippen LogP contribution in [0, 0.1) is 5.92 Å². The van der Waals surface area contributed by atoms with Crippen LogP contribution in [0.4, 0.5) is 0 Å². The van der Waals surface area contributed by atoms with Crippen molar-refractivity contribution in [3.8, 4) is 0 Å². The largest absolute Gasteiger partial charge is 0.409 e. The number of piperidine rings is 1. The molecule has 0 amide bonds.